The van der Waals surface area contributed by atoms with E-state index in [-0.39, 0.29) is 0 Å². The molecule has 0 aliphatic carbocycles. The van der Waals surface area contributed by atoms with Crippen LogP contribution in [0.1, 0.15) is 5.56 Å². The summed E-state index contributed by atoms with van der Waals surface area (Å²) in [4.78, 5) is 12.6. The number of carbonyl (C=O) groups excluding carboxylic acids is 1. The standard InChI is InChI=1S/C18H20Cl2N2O5S/c1-11-5-6-12(19)7-15(11)22(28(4,24)25)10-18(23)21-14-9-16(26-2)13(20)8-17(14)27-3/h5-9H,10H2,1-4H3,(H,21,23). The molecule has 0 spiro atoms. The van der Waals surface area contributed by atoms with Gasteiger partial charge in [0.15, 0.2) is 0 Å². The van der Waals surface area contributed by atoms with E-state index in [1.54, 1.807) is 19.1 Å². The summed E-state index contributed by atoms with van der Waals surface area (Å²) < 4.78 is 35.9. The maximum Gasteiger partial charge on any atom is 0.245 e. The monoisotopic (exact) mass is 446 g/mol. The van der Waals surface area contributed by atoms with Crippen molar-refractivity contribution >= 4 is 50.5 Å². The first-order valence-electron chi connectivity index (χ1n) is 8.02. The van der Waals surface area contributed by atoms with Crippen LogP contribution >= 0.6 is 23.2 Å². The first-order chi connectivity index (χ1) is 13.1. The Morgan fingerprint density at radius 2 is 1.75 bits per heavy atom. The minimum Gasteiger partial charge on any atom is -0.495 e. The summed E-state index contributed by atoms with van der Waals surface area (Å²) in [6.07, 6.45) is 1.02. The predicted molar refractivity (Wildman–Crippen MR) is 112 cm³/mol. The van der Waals surface area contributed by atoms with E-state index in [4.69, 9.17) is 32.7 Å². The Morgan fingerprint density at radius 1 is 1.11 bits per heavy atom. The van der Waals surface area contributed by atoms with Crippen LogP contribution in [-0.4, -0.2) is 41.3 Å². The molecule has 0 unspecified atom stereocenters. The lowest BCUT2D eigenvalue weighted by atomic mass is 10.2. The molecule has 0 radical (unpaired) electrons. The molecule has 0 fully saturated rings. The van der Waals surface area contributed by atoms with Crippen molar-refractivity contribution in [3.63, 3.8) is 0 Å². The fourth-order valence-corrected chi connectivity index (χ4v) is 3.81. The number of hydrogen-bond acceptors (Lipinski definition) is 5. The Bertz CT molecular complexity index is 996. The van der Waals surface area contributed by atoms with Gasteiger partial charge in [-0.25, -0.2) is 8.42 Å². The average molecular weight is 447 g/mol. The quantitative estimate of drug-likeness (QED) is 0.700. The molecule has 28 heavy (non-hydrogen) atoms. The maximum absolute atomic E-state index is 12.6. The summed E-state index contributed by atoms with van der Waals surface area (Å²) in [5.74, 6) is 0.0693. The van der Waals surface area contributed by atoms with Crippen molar-refractivity contribution < 1.29 is 22.7 Å². The normalized spacial score (nSPS) is 11.1. The number of halogens is 2. The van der Waals surface area contributed by atoms with Crippen LogP contribution in [0.5, 0.6) is 11.5 Å². The van der Waals surface area contributed by atoms with Crippen LogP contribution in [0.15, 0.2) is 30.3 Å². The van der Waals surface area contributed by atoms with Crippen molar-refractivity contribution in [1.29, 1.82) is 0 Å². The van der Waals surface area contributed by atoms with Crippen molar-refractivity contribution in [3.8, 4) is 11.5 Å². The SMILES string of the molecule is COc1cc(NC(=O)CN(c2cc(Cl)ccc2C)S(C)(=O)=O)c(OC)cc1Cl. The number of benzene rings is 2. The van der Waals surface area contributed by atoms with Crippen LogP contribution in [0.2, 0.25) is 10.0 Å². The number of aryl methyl sites for hydroxylation is 1. The lowest BCUT2D eigenvalue weighted by Crippen LogP contribution is -2.37. The Hall–Kier alpha value is -2.16. The highest BCUT2D eigenvalue weighted by atomic mass is 35.5. The number of ether oxygens (including phenoxy) is 2. The van der Waals surface area contributed by atoms with Crippen molar-refractivity contribution in [3.05, 3.63) is 45.9 Å². The van der Waals surface area contributed by atoms with E-state index in [1.807, 2.05) is 0 Å². The molecule has 0 aliphatic rings. The molecule has 2 rings (SSSR count). The van der Waals surface area contributed by atoms with Crippen LogP contribution in [-0.2, 0) is 14.8 Å². The molecule has 0 heterocycles. The average Bonchev–Trinajstić information content (AvgIpc) is 2.62. The second-order valence-electron chi connectivity index (χ2n) is 5.94. The van der Waals surface area contributed by atoms with Crippen LogP contribution in [0.3, 0.4) is 0 Å². The Balaban J connectivity index is 2.35. The third-order valence-electron chi connectivity index (χ3n) is 3.88. The highest BCUT2D eigenvalue weighted by Gasteiger charge is 2.23. The highest BCUT2D eigenvalue weighted by Crippen LogP contribution is 2.36. The van der Waals surface area contributed by atoms with Crippen LogP contribution in [0.4, 0.5) is 11.4 Å². The van der Waals surface area contributed by atoms with Crippen LogP contribution in [0.25, 0.3) is 0 Å². The smallest absolute Gasteiger partial charge is 0.245 e. The van der Waals surface area contributed by atoms with Crippen LogP contribution < -0.4 is 19.1 Å². The summed E-state index contributed by atoms with van der Waals surface area (Å²) >= 11 is 12.1. The number of amides is 1. The van der Waals surface area contributed by atoms with Gasteiger partial charge in [0.05, 0.1) is 36.9 Å². The number of hydrogen-bond donors (Lipinski definition) is 1. The molecule has 2 aromatic carbocycles. The van der Waals surface area contributed by atoms with Gasteiger partial charge in [-0.05, 0) is 24.6 Å². The van der Waals surface area contributed by atoms with Gasteiger partial charge in [-0.1, -0.05) is 29.3 Å². The first-order valence-corrected chi connectivity index (χ1v) is 10.6. The zero-order chi connectivity index (χ0) is 21.1. The lowest BCUT2D eigenvalue weighted by Gasteiger charge is -2.24. The number of anilines is 2. The number of nitrogens with one attached hydrogen (secondary N) is 1. The van der Waals surface area contributed by atoms with Gasteiger partial charge in [0, 0.05) is 17.2 Å². The third-order valence-corrected chi connectivity index (χ3v) is 5.53. The summed E-state index contributed by atoms with van der Waals surface area (Å²) in [6.45, 7) is 1.28. The van der Waals surface area contributed by atoms with Crippen molar-refractivity contribution in [1.82, 2.24) is 0 Å². The number of sulfonamides is 1. The van der Waals surface area contributed by atoms with Gasteiger partial charge in [0.1, 0.15) is 18.0 Å². The number of nitrogens with zero attached hydrogens (tertiary/aromatic N) is 1. The molecule has 7 nitrogen and oxygen atoms in total. The van der Waals surface area contributed by atoms with Gasteiger partial charge in [-0.2, -0.15) is 0 Å². The number of methoxy groups -OCH3 is 2. The van der Waals surface area contributed by atoms with E-state index >= 15 is 0 Å². The molecular formula is C18H20Cl2N2O5S. The van der Waals surface area contributed by atoms with Gasteiger partial charge in [-0.3, -0.25) is 9.10 Å². The Kier molecular flexibility index (Phi) is 7.03. The van der Waals surface area contributed by atoms with Gasteiger partial charge in [-0.15, -0.1) is 0 Å². The molecule has 0 bridgehead atoms. The zero-order valence-electron chi connectivity index (χ0n) is 15.7. The van der Waals surface area contributed by atoms with E-state index in [0.29, 0.717) is 38.5 Å². The van der Waals surface area contributed by atoms with Crippen molar-refractivity contribution in [2.24, 2.45) is 0 Å². The van der Waals surface area contributed by atoms with Crippen molar-refractivity contribution in [2.45, 2.75) is 6.92 Å². The fourth-order valence-electron chi connectivity index (χ4n) is 2.51. The van der Waals surface area contributed by atoms with E-state index in [1.165, 1.54) is 32.4 Å². The molecule has 2 aromatic rings. The Morgan fingerprint density at radius 3 is 2.32 bits per heavy atom. The second kappa shape index (κ2) is 8.89. The van der Waals surface area contributed by atoms with Gasteiger partial charge < -0.3 is 14.8 Å². The second-order valence-corrected chi connectivity index (χ2v) is 8.69. The van der Waals surface area contributed by atoms with E-state index in [0.717, 1.165) is 10.6 Å². The summed E-state index contributed by atoms with van der Waals surface area (Å²) in [5.41, 5.74) is 1.28. The van der Waals surface area contributed by atoms with Gasteiger partial charge in [0.25, 0.3) is 0 Å². The molecule has 0 aromatic heterocycles. The van der Waals surface area contributed by atoms with E-state index in [9.17, 15) is 13.2 Å². The largest absolute Gasteiger partial charge is 0.495 e. The summed E-state index contributed by atoms with van der Waals surface area (Å²) in [5, 5.41) is 3.30. The summed E-state index contributed by atoms with van der Waals surface area (Å²) in [7, 11) is -0.883. The zero-order valence-corrected chi connectivity index (χ0v) is 18.1. The van der Waals surface area contributed by atoms with Gasteiger partial charge >= 0.3 is 0 Å². The molecule has 1 N–H and O–H groups in total. The topological polar surface area (TPSA) is 84.9 Å². The van der Waals surface area contributed by atoms with Crippen molar-refractivity contribution in [2.75, 3.05) is 36.6 Å². The van der Waals surface area contributed by atoms with Crippen LogP contribution in [0, 0.1) is 6.92 Å². The van der Waals surface area contributed by atoms with Gasteiger partial charge in [0.2, 0.25) is 15.9 Å². The number of carbonyl (C=O) groups is 1. The summed E-state index contributed by atoms with van der Waals surface area (Å²) in [6, 6.07) is 7.81. The maximum atomic E-state index is 12.6. The number of rotatable bonds is 7. The molecule has 0 aliphatic heterocycles. The minimum atomic E-state index is -3.74. The Labute approximate surface area is 174 Å². The van der Waals surface area contributed by atoms with E-state index in [2.05, 4.69) is 5.32 Å². The van der Waals surface area contributed by atoms with E-state index < -0.39 is 22.5 Å². The molecule has 0 atom stereocenters. The molecular weight excluding hydrogens is 427 g/mol. The predicted octanol–water partition coefficient (Wildman–Crippen LogP) is 3.72. The molecule has 0 saturated carbocycles. The minimum absolute atomic E-state index is 0.296. The molecule has 152 valence electrons. The first kappa shape index (κ1) is 22.1. The lowest BCUT2D eigenvalue weighted by molar-refractivity contribution is -0.114. The molecule has 0 saturated heterocycles. The fraction of sp³-hybridized carbons (Fsp3) is 0.278. The molecule has 1 amide bonds. The highest BCUT2D eigenvalue weighted by molar-refractivity contribution is 7.92. The molecule has 10 heteroatoms. The third kappa shape index (κ3) is 5.21.